The molecule has 0 N–H and O–H groups in total. The summed E-state index contributed by atoms with van der Waals surface area (Å²) < 4.78 is 51.1. The Balaban J connectivity index is 3.03. The first-order chi connectivity index (χ1) is 6.42. The van der Waals surface area contributed by atoms with Crippen molar-refractivity contribution >= 4 is 0 Å². The topological polar surface area (TPSA) is 33.0 Å². The highest BCUT2D eigenvalue weighted by Gasteiger charge is 2.32. The van der Waals surface area contributed by atoms with E-state index in [2.05, 4.69) is 4.74 Å². The molecule has 1 rings (SSSR count). The Morgan fingerprint density at radius 3 is 2.43 bits per heavy atom. The smallest absolute Gasteiger partial charge is 0.403 e. The predicted molar refractivity (Wildman–Crippen MR) is 37.8 cm³/mol. The Bertz CT molecular complexity index is 380. The monoisotopic (exact) mass is 205 g/mol. The highest BCUT2D eigenvalue weighted by Crippen LogP contribution is 2.26. The summed E-state index contributed by atoms with van der Waals surface area (Å²) in [5.74, 6) is -2.17. The molecule has 6 heteroatoms. The molecule has 0 aliphatic rings. The number of ether oxygens (including phenoxy) is 1. The van der Waals surface area contributed by atoms with E-state index in [-0.39, 0.29) is 5.56 Å². The number of halogens is 4. The maximum Gasteiger partial charge on any atom is 0.573 e. The van der Waals surface area contributed by atoms with Crippen molar-refractivity contribution in [3.05, 3.63) is 29.6 Å². The molecular weight excluding hydrogens is 202 g/mol. The first-order valence-electron chi connectivity index (χ1n) is 3.38. The van der Waals surface area contributed by atoms with Crippen molar-refractivity contribution in [3.63, 3.8) is 0 Å². The van der Waals surface area contributed by atoms with Crippen LogP contribution < -0.4 is 4.74 Å². The van der Waals surface area contributed by atoms with Gasteiger partial charge >= 0.3 is 6.36 Å². The zero-order valence-corrected chi connectivity index (χ0v) is 6.60. The summed E-state index contributed by atoms with van der Waals surface area (Å²) in [7, 11) is 0. The van der Waals surface area contributed by atoms with Crippen LogP contribution in [0.4, 0.5) is 17.6 Å². The first-order valence-corrected chi connectivity index (χ1v) is 3.38. The van der Waals surface area contributed by atoms with Crippen LogP contribution in [0.2, 0.25) is 0 Å². The van der Waals surface area contributed by atoms with Crippen LogP contribution >= 0.6 is 0 Å². The van der Waals surface area contributed by atoms with Crippen molar-refractivity contribution in [2.75, 3.05) is 0 Å². The minimum Gasteiger partial charge on any atom is -0.403 e. The fraction of sp³-hybridized carbons (Fsp3) is 0.125. The fourth-order valence-electron chi connectivity index (χ4n) is 0.776. The fourth-order valence-corrected chi connectivity index (χ4v) is 0.776. The summed E-state index contributed by atoms with van der Waals surface area (Å²) in [5.41, 5.74) is -0.106. The number of hydrogen-bond donors (Lipinski definition) is 0. The van der Waals surface area contributed by atoms with Crippen LogP contribution in [-0.4, -0.2) is 6.36 Å². The number of benzene rings is 1. The molecule has 0 atom stereocenters. The zero-order chi connectivity index (χ0) is 10.8. The van der Waals surface area contributed by atoms with Gasteiger partial charge in [0.1, 0.15) is 0 Å². The second kappa shape index (κ2) is 3.54. The van der Waals surface area contributed by atoms with Crippen LogP contribution in [0.25, 0.3) is 0 Å². The van der Waals surface area contributed by atoms with E-state index in [1.165, 1.54) is 0 Å². The molecule has 0 unspecified atom stereocenters. The molecule has 0 spiro atoms. The van der Waals surface area contributed by atoms with Gasteiger partial charge in [-0.05, 0) is 12.1 Å². The van der Waals surface area contributed by atoms with Crippen LogP contribution in [0, 0.1) is 17.1 Å². The molecule has 0 aliphatic carbocycles. The van der Waals surface area contributed by atoms with Gasteiger partial charge in [-0.15, -0.1) is 13.2 Å². The lowest BCUT2D eigenvalue weighted by molar-refractivity contribution is -0.275. The Morgan fingerprint density at radius 1 is 1.29 bits per heavy atom. The van der Waals surface area contributed by atoms with E-state index < -0.39 is 17.9 Å². The zero-order valence-electron chi connectivity index (χ0n) is 6.60. The van der Waals surface area contributed by atoms with Crippen LogP contribution in [0.1, 0.15) is 5.56 Å². The van der Waals surface area contributed by atoms with Gasteiger partial charge in [-0.2, -0.15) is 5.26 Å². The summed E-state index contributed by atoms with van der Waals surface area (Å²) in [6, 6.07) is 4.04. The van der Waals surface area contributed by atoms with Crippen LogP contribution in [0.15, 0.2) is 18.2 Å². The van der Waals surface area contributed by atoms with Gasteiger partial charge in [-0.25, -0.2) is 4.39 Å². The number of alkyl halides is 3. The molecule has 0 radical (unpaired) electrons. The molecule has 2 nitrogen and oxygen atoms in total. The molecule has 0 aliphatic heterocycles. The SMILES string of the molecule is N#Cc1ccc(F)c(OC(F)(F)F)c1. The third kappa shape index (κ3) is 2.62. The summed E-state index contributed by atoms with van der Waals surface area (Å²) >= 11 is 0. The van der Waals surface area contributed by atoms with Crippen molar-refractivity contribution in [2.24, 2.45) is 0 Å². The molecule has 0 saturated carbocycles. The van der Waals surface area contributed by atoms with Gasteiger partial charge in [0.15, 0.2) is 11.6 Å². The number of hydrogen-bond acceptors (Lipinski definition) is 2. The third-order valence-electron chi connectivity index (χ3n) is 1.29. The molecule has 0 saturated heterocycles. The molecule has 0 amide bonds. The van der Waals surface area contributed by atoms with Crippen LogP contribution in [0.3, 0.4) is 0 Å². The molecule has 0 aromatic heterocycles. The highest BCUT2D eigenvalue weighted by atomic mass is 19.4. The third-order valence-corrected chi connectivity index (χ3v) is 1.29. The Morgan fingerprint density at radius 2 is 1.93 bits per heavy atom. The second-order valence-electron chi connectivity index (χ2n) is 2.30. The average Bonchev–Trinajstić information content (AvgIpc) is 2.06. The van der Waals surface area contributed by atoms with E-state index >= 15 is 0 Å². The van der Waals surface area contributed by atoms with E-state index in [4.69, 9.17) is 5.26 Å². The maximum atomic E-state index is 12.7. The van der Waals surface area contributed by atoms with Crippen molar-refractivity contribution < 1.29 is 22.3 Å². The summed E-state index contributed by atoms with van der Waals surface area (Å²) in [4.78, 5) is 0. The lowest BCUT2D eigenvalue weighted by Gasteiger charge is -2.09. The van der Waals surface area contributed by atoms with Gasteiger partial charge in [0, 0.05) is 6.07 Å². The van der Waals surface area contributed by atoms with Gasteiger partial charge in [0.2, 0.25) is 0 Å². The van der Waals surface area contributed by atoms with E-state index in [1.54, 1.807) is 6.07 Å². The van der Waals surface area contributed by atoms with E-state index in [0.717, 1.165) is 12.1 Å². The minimum absolute atomic E-state index is 0.106. The summed E-state index contributed by atoms with van der Waals surface area (Å²) in [6.45, 7) is 0. The normalized spacial score (nSPS) is 10.8. The van der Waals surface area contributed by atoms with Crippen molar-refractivity contribution in [2.45, 2.75) is 6.36 Å². The molecule has 74 valence electrons. The number of nitrogens with zero attached hydrogens (tertiary/aromatic N) is 1. The van der Waals surface area contributed by atoms with Gasteiger partial charge in [0.05, 0.1) is 11.6 Å². The average molecular weight is 205 g/mol. The van der Waals surface area contributed by atoms with Gasteiger partial charge in [-0.1, -0.05) is 0 Å². The maximum absolute atomic E-state index is 12.7. The second-order valence-corrected chi connectivity index (χ2v) is 2.30. The molecule has 1 aromatic rings. The van der Waals surface area contributed by atoms with Crippen LogP contribution in [0.5, 0.6) is 5.75 Å². The van der Waals surface area contributed by atoms with E-state index in [0.29, 0.717) is 6.07 Å². The Labute approximate surface area is 76.3 Å². The Hall–Kier alpha value is -1.77. The molecule has 0 fully saturated rings. The molecule has 14 heavy (non-hydrogen) atoms. The number of rotatable bonds is 1. The molecule has 1 aromatic carbocycles. The van der Waals surface area contributed by atoms with Crippen molar-refractivity contribution in [1.29, 1.82) is 5.26 Å². The van der Waals surface area contributed by atoms with E-state index in [1.807, 2.05) is 0 Å². The number of nitriles is 1. The van der Waals surface area contributed by atoms with Crippen LogP contribution in [-0.2, 0) is 0 Å². The lowest BCUT2D eigenvalue weighted by atomic mass is 10.2. The standard InChI is InChI=1S/C8H3F4NO/c9-6-2-1-5(4-13)3-7(6)14-8(10,11)12/h1-3H. The predicted octanol–water partition coefficient (Wildman–Crippen LogP) is 2.60. The largest absolute Gasteiger partial charge is 0.573 e. The highest BCUT2D eigenvalue weighted by molar-refractivity contribution is 5.37. The summed E-state index contributed by atoms with van der Waals surface area (Å²) in [6.07, 6.45) is -4.96. The van der Waals surface area contributed by atoms with Gasteiger partial charge in [0.25, 0.3) is 0 Å². The lowest BCUT2D eigenvalue weighted by Crippen LogP contribution is -2.18. The van der Waals surface area contributed by atoms with Gasteiger partial charge < -0.3 is 4.74 Å². The van der Waals surface area contributed by atoms with E-state index in [9.17, 15) is 17.6 Å². The Kier molecular flexibility index (Phi) is 2.60. The minimum atomic E-state index is -4.96. The van der Waals surface area contributed by atoms with Crippen molar-refractivity contribution in [3.8, 4) is 11.8 Å². The van der Waals surface area contributed by atoms with Gasteiger partial charge in [-0.3, -0.25) is 0 Å². The molecule has 0 heterocycles. The molecular formula is C8H3F4NO. The summed E-state index contributed by atoms with van der Waals surface area (Å²) in [5, 5.41) is 8.34. The molecule has 0 bridgehead atoms. The quantitative estimate of drug-likeness (QED) is 0.660. The first kappa shape index (κ1) is 10.3. The van der Waals surface area contributed by atoms with Crippen molar-refractivity contribution in [1.82, 2.24) is 0 Å².